The average Bonchev–Trinajstić information content (AvgIpc) is 2.65. The quantitative estimate of drug-likeness (QED) is 0.845. The molecule has 0 aliphatic heterocycles. The smallest absolute Gasteiger partial charge is 0.412 e. The van der Waals surface area contributed by atoms with E-state index in [2.05, 4.69) is 17.2 Å². The second-order valence-electron chi connectivity index (χ2n) is 4.78. The van der Waals surface area contributed by atoms with Crippen molar-refractivity contribution in [1.82, 2.24) is 0 Å². The zero-order valence-corrected chi connectivity index (χ0v) is 14.3. The van der Waals surface area contributed by atoms with Gasteiger partial charge < -0.3 is 18.9 Å². The fourth-order valence-corrected chi connectivity index (χ4v) is 2.07. The van der Waals surface area contributed by atoms with E-state index in [1.807, 2.05) is 30.3 Å². The second-order valence-corrected chi connectivity index (χ2v) is 4.78. The molecule has 25 heavy (non-hydrogen) atoms. The molecule has 0 spiro atoms. The molecule has 1 amide bonds. The van der Waals surface area contributed by atoms with Gasteiger partial charge in [-0.2, -0.15) is 0 Å². The van der Waals surface area contributed by atoms with Gasteiger partial charge in [-0.1, -0.05) is 30.0 Å². The lowest BCUT2D eigenvalue weighted by Crippen LogP contribution is -2.14. The van der Waals surface area contributed by atoms with Gasteiger partial charge >= 0.3 is 6.09 Å². The molecule has 0 aliphatic rings. The Bertz CT molecular complexity index is 752. The van der Waals surface area contributed by atoms with Crippen LogP contribution < -0.4 is 19.5 Å². The summed E-state index contributed by atoms with van der Waals surface area (Å²) >= 11 is 0. The van der Waals surface area contributed by atoms with Crippen LogP contribution in [0.3, 0.4) is 0 Å². The number of carbonyl (C=O) groups is 1. The van der Waals surface area contributed by atoms with Crippen LogP contribution in [-0.2, 0) is 4.74 Å². The van der Waals surface area contributed by atoms with Crippen molar-refractivity contribution in [3.63, 3.8) is 0 Å². The lowest BCUT2D eigenvalue weighted by molar-refractivity contribution is 0.176. The summed E-state index contributed by atoms with van der Waals surface area (Å²) in [5.74, 6) is 6.99. The number of rotatable bonds is 5. The van der Waals surface area contributed by atoms with Gasteiger partial charge in [0.2, 0.25) is 5.75 Å². The van der Waals surface area contributed by atoms with Crippen molar-refractivity contribution in [3.8, 4) is 29.1 Å². The summed E-state index contributed by atoms with van der Waals surface area (Å²) < 4.78 is 20.7. The third-order valence-electron chi connectivity index (χ3n) is 3.19. The molecule has 0 heterocycles. The molecule has 6 heteroatoms. The highest BCUT2D eigenvalue weighted by Gasteiger charge is 2.14. The monoisotopic (exact) mass is 341 g/mol. The number of amides is 1. The highest BCUT2D eigenvalue weighted by atomic mass is 16.5. The van der Waals surface area contributed by atoms with E-state index in [4.69, 9.17) is 18.9 Å². The zero-order chi connectivity index (χ0) is 18.1. The van der Waals surface area contributed by atoms with Gasteiger partial charge in [0, 0.05) is 17.7 Å². The summed E-state index contributed by atoms with van der Waals surface area (Å²) in [7, 11) is 4.50. The van der Waals surface area contributed by atoms with Crippen molar-refractivity contribution in [2.75, 3.05) is 33.3 Å². The second kappa shape index (κ2) is 9.08. The van der Waals surface area contributed by atoms with E-state index in [-0.39, 0.29) is 6.61 Å². The highest BCUT2D eigenvalue weighted by molar-refractivity contribution is 5.86. The predicted molar refractivity (Wildman–Crippen MR) is 94.4 cm³/mol. The molecule has 2 aromatic carbocycles. The van der Waals surface area contributed by atoms with Crippen molar-refractivity contribution in [2.24, 2.45) is 0 Å². The van der Waals surface area contributed by atoms with Gasteiger partial charge in [0.15, 0.2) is 18.1 Å². The highest BCUT2D eigenvalue weighted by Crippen LogP contribution is 2.39. The third kappa shape index (κ3) is 5.08. The SMILES string of the molecule is COc1cc(NC(=O)OCC#Cc2ccccc2)cc(OC)c1OC. The minimum absolute atomic E-state index is 0.0227. The molecule has 0 aromatic heterocycles. The molecule has 0 unspecified atom stereocenters. The van der Waals surface area contributed by atoms with E-state index in [9.17, 15) is 4.79 Å². The summed E-state index contributed by atoms with van der Waals surface area (Å²) in [6.07, 6.45) is -0.628. The van der Waals surface area contributed by atoms with Gasteiger partial charge in [0.05, 0.1) is 27.0 Å². The zero-order valence-electron chi connectivity index (χ0n) is 14.3. The first-order valence-corrected chi connectivity index (χ1v) is 7.45. The van der Waals surface area contributed by atoms with Crippen LogP contribution in [0, 0.1) is 11.8 Å². The van der Waals surface area contributed by atoms with Gasteiger partial charge in [0.25, 0.3) is 0 Å². The fourth-order valence-electron chi connectivity index (χ4n) is 2.07. The average molecular weight is 341 g/mol. The van der Waals surface area contributed by atoms with Crippen LogP contribution in [0.25, 0.3) is 0 Å². The Labute approximate surface area is 146 Å². The number of methoxy groups -OCH3 is 3. The molecule has 6 nitrogen and oxygen atoms in total. The first kappa shape index (κ1) is 18.0. The molecule has 0 aliphatic carbocycles. The molecule has 130 valence electrons. The van der Waals surface area contributed by atoms with Crippen LogP contribution >= 0.6 is 0 Å². The maximum atomic E-state index is 11.9. The number of nitrogens with one attached hydrogen (secondary N) is 1. The minimum Gasteiger partial charge on any atom is -0.493 e. The van der Waals surface area contributed by atoms with Gasteiger partial charge in [-0.25, -0.2) is 4.79 Å². The maximum Gasteiger partial charge on any atom is 0.412 e. The summed E-state index contributed by atoms with van der Waals surface area (Å²) in [6, 6.07) is 12.7. The summed E-state index contributed by atoms with van der Waals surface area (Å²) in [5, 5.41) is 2.60. The molecule has 0 fully saturated rings. The van der Waals surface area contributed by atoms with E-state index >= 15 is 0 Å². The number of benzene rings is 2. The first-order valence-electron chi connectivity index (χ1n) is 7.45. The lowest BCUT2D eigenvalue weighted by atomic mass is 10.2. The van der Waals surface area contributed by atoms with E-state index < -0.39 is 6.09 Å². The summed E-state index contributed by atoms with van der Waals surface area (Å²) in [6.45, 7) is -0.0227. The van der Waals surface area contributed by atoms with E-state index in [0.717, 1.165) is 5.56 Å². The predicted octanol–water partition coefficient (Wildman–Crippen LogP) is 3.31. The van der Waals surface area contributed by atoms with Crippen molar-refractivity contribution >= 4 is 11.8 Å². The number of carbonyl (C=O) groups excluding carboxylic acids is 1. The third-order valence-corrected chi connectivity index (χ3v) is 3.19. The number of anilines is 1. The van der Waals surface area contributed by atoms with Crippen LogP contribution in [0.2, 0.25) is 0 Å². The summed E-state index contributed by atoms with van der Waals surface area (Å²) in [4.78, 5) is 11.9. The van der Waals surface area contributed by atoms with Crippen LogP contribution in [0.15, 0.2) is 42.5 Å². The number of hydrogen-bond donors (Lipinski definition) is 1. The van der Waals surface area contributed by atoms with Crippen LogP contribution in [0.4, 0.5) is 10.5 Å². The lowest BCUT2D eigenvalue weighted by Gasteiger charge is -2.14. The normalized spacial score (nSPS) is 9.40. The van der Waals surface area contributed by atoms with Gasteiger partial charge in [-0.05, 0) is 12.1 Å². The minimum atomic E-state index is -0.628. The Morgan fingerprint density at radius 3 is 2.20 bits per heavy atom. The Balaban J connectivity index is 1.97. The Kier molecular flexibility index (Phi) is 6.55. The van der Waals surface area contributed by atoms with Crippen molar-refractivity contribution in [2.45, 2.75) is 0 Å². The molecule has 0 atom stereocenters. The first-order chi connectivity index (χ1) is 12.2. The molecule has 2 rings (SSSR count). The molecule has 0 radical (unpaired) electrons. The molecule has 0 saturated heterocycles. The number of ether oxygens (including phenoxy) is 4. The van der Waals surface area contributed by atoms with Crippen LogP contribution in [0.5, 0.6) is 17.2 Å². The van der Waals surface area contributed by atoms with Crippen molar-refractivity contribution in [1.29, 1.82) is 0 Å². The largest absolute Gasteiger partial charge is 0.493 e. The van der Waals surface area contributed by atoms with Gasteiger partial charge in [0.1, 0.15) is 0 Å². The molecule has 0 bridgehead atoms. The molecule has 0 saturated carbocycles. The molecular weight excluding hydrogens is 322 g/mol. The van der Waals surface area contributed by atoms with E-state index in [1.54, 1.807) is 12.1 Å². The molecular formula is C19H19NO5. The van der Waals surface area contributed by atoms with Crippen LogP contribution in [-0.4, -0.2) is 34.0 Å². The maximum absolute atomic E-state index is 11.9. The van der Waals surface area contributed by atoms with E-state index in [0.29, 0.717) is 22.9 Å². The standard InChI is InChI=1S/C19H19NO5/c1-22-16-12-15(13-17(23-2)18(16)24-3)20-19(21)25-11-7-10-14-8-5-4-6-9-14/h4-6,8-9,12-13H,11H2,1-3H3,(H,20,21). The Morgan fingerprint density at radius 1 is 1.00 bits per heavy atom. The topological polar surface area (TPSA) is 66.0 Å². The van der Waals surface area contributed by atoms with Crippen LogP contribution in [0.1, 0.15) is 5.56 Å². The summed E-state index contributed by atoms with van der Waals surface area (Å²) in [5.41, 5.74) is 1.31. The number of hydrogen-bond acceptors (Lipinski definition) is 5. The van der Waals surface area contributed by atoms with Crippen molar-refractivity contribution in [3.05, 3.63) is 48.0 Å². The fraction of sp³-hybridized carbons (Fsp3) is 0.211. The van der Waals surface area contributed by atoms with E-state index in [1.165, 1.54) is 21.3 Å². The molecule has 2 aromatic rings. The molecule has 1 N–H and O–H groups in total. The Morgan fingerprint density at radius 2 is 1.64 bits per heavy atom. The van der Waals surface area contributed by atoms with Gasteiger partial charge in [-0.3, -0.25) is 5.32 Å². The Hall–Kier alpha value is -3.33. The van der Waals surface area contributed by atoms with Gasteiger partial charge in [-0.15, -0.1) is 0 Å². The van der Waals surface area contributed by atoms with Crippen molar-refractivity contribution < 1.29 is 23.7 Å².